The van der Waals surface area contributed by atoms with Crippen LogP contribution in [0.15, 0.2) is 48.5 Å². The lowest BCUT2D eigenvalue weighted by Crippen LogP contribution is -2.10. The zero-order valence-corrected chi connectivity index (χ0v) is 20.5. The number of rotatable bonds is 19. The van der Waals surface area contributed by atoms with Gasteiger partial charge in [0.15, 0.2) is 0 Å². The van der Waals surface area contributed by atoms with Crippen molar-refractivity contribution in [2.24, 2.45) is 5.92 Å². The smallest absolute Gasteiger partial charge is 0.119 e. The Morgan fingerprint density at radius 3 is 1.45 bits per heavy atom. The third kappa shape index (κ3) is 11.6. The lowest BCUT2D eigenvalue weighted by atomic mass is 10.0. The Hall–Kier alpha value is -2.04. The van der Waals surface area contributed by atoms with E-state index in [0.717, 1.165) is 56.8 Å². The Bertz CT molecular complexity index is 707. The predicted octanol–water partition coefficient (Wildman–Crippen LogP) is 7.02. The largest absolute Gasteiger partial charge is 0.494 e. The number of unbranched alkanes of at least 4 members (excludes halogenated alkanes) is 8. The summed E-state index contributed by atoms with van der Waals surface area (Å²) in [4.78, 5) is 0. The molecule has 2 aromatic carbocycles. The van der Waals surface area contributed by atoms with E-state index < -0.39 is 0 Å². The molecule has 0 aliphatic rings. The van der Waals surface area contributed by atoms with Crippen LogP contribution >= 0.6 is 0 Å². The van der Waals surface area contributed by atoms with Crippen molar-refractivity contribution in [2.75, 3.05) is 26.4 Å². The summed E-state index contributed by atoms with van der Waals surface area (Å²) >= 11 is 0. The summed E-state index contributed by atoms with van der Waals surface area (Å²) in [5.41, 5.74) is 2.37. The van der Waals surface area contributed by atoms with Crippen LogP contribution in [0.2, 0.25) is 0 Å². The summed E-state index contributed by atoms with van der Waals surface area (Å²) in [6.07, 6.45) is 12.8. The lowest BCUT2D eigenvalue weighted by molar-refractivity contribution is 0.141. The molecule has 0 aliphatic heterocycles. The Labute approximate surface area is 201 Å². The summed E-state index contributed by atoms with van der Waals surface area (Å²) in [5.74, 6) is 1.94. The SMILES string of the molecule is CCCCOc1ccc(-c2ccc(OCCCCCCCCCCC(CO)CO)cc2)cc1. The second-order valence-electron chi connectivity index (χ2n) is 8.95. The molecule has 0 unspecified atom stereocenters. The van der Waals surface area contributed by atoms with E-state index in [4.69, 9.17) is 19.7 Å². The number of hydrogen-bond donors (Lipinski definition) is 2. The molecular formula is C29H44O4. The highest BCUT2D eigenvalue weighted by molar-refractivity contribution is 5.64. The van der Waals surface area contributed by atoms with E-state index >= 15 is 0 Å². The highest BCUT2D eigenvalue weighted by Gasteiger charge is 2.04. The van der Waals surface area contributed by atoms with E-state index in [1.807, 2.05) is 12.1 Å². The molecule has 2 rings (SSSR count). The molecule has 0 saturated carbocycles. The standard InChI is InChI=1S/C29H44O4/c1-2-3-21-32-28-17-13-26(14-18-28)27-15-19-29(20-16-27)33-22-11-9-7-5-4-6-8-10-12-25(23-30)24-31/h13-20,25,30-31H,2-12,21-24H2,1H3. The zero-order valence-electron chi connectivity index (χ0n) is 20.5. The van der Waals surface area contributed by atoms with Gasteiger partial charge in [-0.25, -0.2) is 0 Å². The molecule has 2 aromatic rings. The van der Waals surface area contributed by atoms with Gasteiger partial charge < -0.3 is 19.7 Å². The normalized spacial score (nSPS) is 11.2. The fourth-order valence-corrected chi connectivity index (χ4v) is 3.85. The van der Waals surface area contributed by atoms with Gasteiger partial charge in [0.2, 0.25) is 0 Å². The number of ether oxygens (including phenoxy) is 2. The highest BCUT2D eigenvalue weighted by Crippen LogP contribution is 2.25. The van der Waals surface area contributed by atoms with E-state index in [9.17, 15) is 0 Å². The summed E-state index contributed by atoms with van der Waals surface area (Å²) in [5, 5.41) is 18.1. The fraction of sp³-hybridized carbons (Fsp3) is 0.586. The monoisotopic (exact) mass is 456 g/mol. The van der Waals surface area contributed by atoms with Crippen molar-refractivity contribution in [1.29, 1.82) is 0 Å². The number of benzene rings is 2. The van der Waals surface area contributed by atoms with Crippen LogP contribution in [-0.2, 0) is 0 Å². The van der Waals surface area contributed by atoms with Gasteiger partial charge in [0.25, 0.3) is 0 Å². The van der Waals surface area contributed by atoms with Crippen LogP contribution in [0, 0.1) is 5.92 Å². The third-order valence-corrected chi connectivity index (χ3v) is 6.10. The van der Waals surface area contributed by atoms with E-state index in [1.165, 1.54) is 49.7 Å². The molecule has 2 N–H and O–H groups in total. The molecule has 33 heavy (non-hydrogen) atoms. The van der Waals surface area contributed by atoms with Crippen LogP contribution in [0.4, 0.5) is 0 Å². The van der Waals surface area contributed by atoms with E-state index in [-0.39, 0.29) is 19.1 Å². The van der Waals surface area contributed by atoms with Crippen LogP contribution in [0.25, 0.3) is 11.1 Å². The quantitative estimate of drug-likeness (QED) is 0.223. The summed E-state index contributed by atoms with van der Waals surface area (Å²) < 4.78 is 11.7. The van der Waals surface area contributed by atoms with E-state index in [0.29, 0.717) is 0 Å². The minimum atomic E-state index is 0.0722. The van der Waals surface area contributed by atoms with Crippen molar-refractivity contribution in [2.45, 2.75) is 77.6 Å². The zero-order chi connectivity index (χ0) is 23.6. The van der Waals surface area contributed by atoms with Gasteiger partial charge in [0.05, 0.1) is 13.2 Å². The maximum absolute atomic E-state index is 9.06. The Balaban J connectivity index is 1.52. The van der Waals surface area contributed by atoms with Crippen LogP contribution in [-0.4, -0.2) is 36.6 Å². The topological polar surface area (TPSA) is 58.9 Å². The predicted molar refractivity (Wildman–Crippen MR) is 137 cm³/mol. The third-order valence-electron chi connectivity index (χ3n) is 6.10. The first-order valence-electron chi connectivity index (χ1n) is 12.9. The maximum atomic E-state index is 9.06. The minimum Gasteiger partial charge on any atom is -0.494 e. The Kier molecular flexibility index (Phi) is 14.4. The molecule has 4 heteroatoms. The molecular weight excluding hydrogens is 412 g/mol. The van der Waals surface area contributed by atoms with Gasteiger partial charge in [-0.15, -0.1) is 0 Å². The van der Waals surface area contributed by atoms with Gasteiger partial charge in [-0.3, -0.25) is 0 Å². The second kappa shape index (κ2) is 17.4. The molecule has 4 nitrogen and oxygen atoms in total. The fourth-order valence-electron chi connectivity index (χ4n) is 3.85. The maximum Gasteiger partial charge on any atom is 0.119 e. The van der Waals surface area contributed by atoms with Gasteiger partial charge in [0, 0.05) is 19.1 Å². The first-order chi connectivity index (χ1) is 16.3. The average molecular weight is 457 g/mol. The molecule has 0 amide bonds. The molecule has 0 fully saturated rings. The number of hydrogen-bond acceptors (Lipinski definition) is 4. The second-order valence-corrected chi connectivity index (χ2v) is 8.95. The average Bonchev–Trinajstić information content (AvgIpc) is 2.86. The molecule has 0 spiro atoms. The molecule has 0 atom stereocenters. The molecule has 184 valence electrons. The van der Waals surface area contributed by atoms with Gasteiger partial charge in [0.1, 0.15) is 11.5 Å². The van der Waals surface area contributed by atoms with Crippen LogP contribution in [0.3, 0.4) is 0 Å². The van der Waals surface area contributed by atoms with Crippen LogP contribution in [0.5, 0.6) is 11.5 Å². The Morgan fingerprint density at radius 1 is 0.576 bits per heavy atom. The molecule has 0 aliphatic carbocycles. The molecule has 0 aromatic heterocycles. The van der Waals surface area contributed by atoms with E-state index in [1.54, 1.807) is 0 Å². The minimum absolute atomic E-state index is 0.0722. The van der Waals surface area contributed by atoms with Gasteiger partial charge in [-0.05, 0) is 54.7 Å². The molecule has 0 bridgehead atoms. The number of aliphatic hydroxyl groups excluding tert-OH is 2. The van der Waals surface area contributed by atoms with Crippen molar-refractivity contribution in [3.63, 3.8) is 0 Å². The van der Waals surface area contributed by atoms with Crippen molar-refractivity contribution >= 4 is 0 Å². The summed E-state index contributed by atoms with van der Waals surface area (Å²) in [6.45, 7) is 3.92. The lowest BCUT2D eigenvalue weighted by Gasteiger charge is -2.10. The van der Waals surface area contributed by atoms with Crippen molar-refractivity contribution < 1.29 is 19.7 Å². The first-order valence-corrected chi connectivity index (χ1v) is 12.9. The molecule has 0 radical (unpaired) electrons. The van der Waals surface area contributed by atoms with E-state index in [2.05, 4.69) is 43.3 Å². The molecule has 0 saturated heterocycles. The van der Waals surface area contributed by atoms with Crippen molar-refractivity contribution in [3.8, 4) is 22.6 Å². The number of aliphatic hydroxyl groups is 2. The van der Waals surface area contributed by atoms with Gasteiger partial charge >= 0.3 is 0 Å². The first kappa shape index (κ1) is 27.2. The van der Waals surface area contributed by atoms with Gasteiger partial charge in [-0.1, -0.05) is 82.6 Å². The summed E-state index contributed by atoms with van der Waals surface area (Å²) in [6, 6.07) is 16.6. The molecule has 0 heterocycles. The van der Waals surface area contributed by atoms with Crippen LogP contribution < -0.4 is 9.47 Å². The van der Waals surface area contributed by atoms with Crippen molar-refractivity contribution in [1.82, 2.24) is 0 Å². The van der Waals surface area contributed by atoms with Gasteiger partial charge in [-0.2, -0.15) is 0 Å². The Morgan fingerprint density at radius 2 is 1.00 bits per heavy atom. The highest BCUT2D eigenvalue weighted by atomic mass is 16.5. The van der Waals surface area contributed by atoms with Crippen LogP contribution in [0.1, 0.15) is 77.6 Å². The summed E-state index contributed by atoms with van der Waals surface area (Å²) in [7, 11) is 0. The van der Waals surface area contributed by atoms with Crippen molar-refractivity contribution in [3.05, 3.63) is 48.5 Å².